The molecule has 7 aromatic carbocycles. The fourth-order valence-electron chi connectivity index (χ4n) is 7.38. The quantitative estimate of drug-likeness (QED) is 0.191. The van der Waals surface area contributed by atoms with E-state index in [1.54, 1.807) is 0 Å². The average molecular weight is 619 g/mol. The van der Waals surface area contributed by atoms with Gasteiger partial charge in [0.25, 0.3) is 0 Å². The van der Waals surface area contributed by atoms with Crippen molar-refractivity contribution in [2.24, 2.45) is 0 Å². The summed E-state index contributed by atoms with van der Waals surface area (Å²) in [5.41, 5.74) is 13.6. The number of benzene rings is 7. The molecule has 0 unspecified atom stereocenters. The van der Waals surface area contributed by atoms with Gasteiger partial charge in [0.05, 0.1) is 22.7 Å². The molecule has 0 saturated heterocycles. The molecule has 0 bridgehead atoms. The standard InChI is InChI=1S/C45H34N2O/c1-45(2)38-17-9-10-18-40(38)47-41-19-11-12-20-42(41)48-43-30-37(29-39(45)44(43)47)46(35-25-21-33(22-26-35)31-13-5-3-6-14-31)36-27-23-34(24-28-36)32-15-7-4-8-16-32/h3-30H,1-2H3. The highest BCUT2D eigenvalue weighted by molar-refractivity contribution is 5.95. The van der Waals surface area contributed by atoms with Gasteiger partial charge in [-0.05, 0) is 81.9 Å². The molecule has 0 saturated carbocycles. The molecule has 2 aliphatic heterocycles. The molecule has 0 amide bonds. The number of rotatable bonds is 5. The zero-order chi connectivity index (χ0) is 32.2. The molecule has 0 spiro atoms. The van der Waals surface area contributed by atoms with Crippen LogP contribution < -0.4 is 14.5 Å². The van der Waals surface area contributed by atoms with Gasteiger partial charge in [0.1, 0.15) is 0 Å². The van der Waals surface area contributed by atoms with E-state index in [4.69, 9.17) is 4.74 Å². The number of nitrogens with zero attached hydrogens (tertiary/aromatic N) is 2. The van der Waals surface area contributed by atoms with Crippen molar-refractivity contribution in [1.29, 1.82) is 0 Å². The van der Waals surface area contributed by atoms with Crippen LogP contribution in [0.4, 0.5) is 34.1 Å². The summed E-state index contributed by atoms with van der Waals surface area (Å²) in [5, 5.41) is 0. The first-order chi connectivity index (χ1) is 23.6. The summed E-state index contributed by atoms with van der Waals surface area (Å²) in [6, 6.07) is 60.6. The average Bonchev–Trinajstić information content (AvgIpc) is 3.14. The van der Waals surface area contributed by atoms with Gasteiger partial charge >= 0.3 is 0 Å². The lowest BCUT2D eigenvalue weighted by molar-refractivity contribution is 0.471. The molecule has 48 heavy (non-hydrogen) atoms. The summed E-state index contributed by atoms with van der Waals surface area (Å²) >= 11 is 0. The first-order valence-corrected chi connectivity index (χ1v) is 16.5. The smallest absolute Gasteiger partial charge is 0.153 e. The molecule has 0 fully saturated rings. The molecule has 3 nitrogen and oxygen atoms in total. The van der Waals surface area contributed by atoms with E-state index in [0.717, 1.165) is 39.9 Å². The fourth-order valence-corrected chi connectivity index (χ4v) is 7.38. The van der Waals surface area contributed by atoms with Gasteiger partial charge in [0.2, 0.25) is 0 Å². The maximum absolute atomic E-state index is 6.78. The molecule has 9 rings (SSSR count). The van der Waals surface area contributed by atoms with Crippen LogP contribution in [0.1, 0.15) is 25.0 Å². The number of fused-ring (bicyclic) bond motifs is 4. The van der Waals surface area contributed by atoms with Crippen LogP contribution in [0.25, 0.3) is 22.3 Å². The Hall–Kier alpha value is -6.06. The summed E-state index contributed by atoms with van der Waals surface area (Å²) in [4.78, 5) is 4.74. The number of ether oxygens (including phenoxy) is 1. The van der Waals surface area contributed by atoms with Crippen molar-refractivity contribution in [3.63, 3.8) is 0 Å². The minimum Gasteiger partial charge on any atom is -0.453 e. The molecule has 0 radical (unpaired) electrons. The van der Waals surface area contributed by atoms with Crippen molar-refractivity contribution in [2.75, 3.05) is 9.80 Å². The van der Waals surface area contributed by atoms with Gasteiger partial charge in [-0.25, -0.2) is 0 Å². The number of hydrogen-bond donors (Lipinski definition) is 0. The first-order valence-electron chi connectivity index (χ1n) is 16.5. The first kappa shape index (κ1) is 28.2. The minimum atomic E-state index is -0.261. The zero-order valence-corrected chi connectivity index (χ0v) is 27.0. The van der Waals surface area contributed by atoms with Crippen LogP contribution in [0.2, 0.25) is 0 Å². The number of anilines is 6. The van der Waals surface area contributed by atoms with Gasteiger partial charge in [-0.2, -0.15) is 0 Å². The van der Waals surface area contributed by atoms with Crippen molar-refractivity contribution in [3.05, 3.63) is 181 Å². The van der Waals surface area contributed by atoms with Gasteiger partial charge in [-0.15, -0.1) is 0 Å². The molecule has 0 aromatic heterocycles. The number of para-hydroxylation sites is 3. The predicted molar refractivity (Wildman–Crippen MR) is 199 cm³/mol. The Morgan fingerprint density at radius 1 is 0.438 bits per heavy atom. The molecule has 230 valence electrons. The van der Waals surface area contributed by atoms with Gasteiger partial charge in [-0.3, -0.25) is 0 Å². The third-order valence-electron chi connectivity index (χ3n) is 9.82. The van der Waals surface area contributed by atoms with E-state index >= 15 is 0 Å². The van der Waals surface area contributed by atoms with E-state index < -0.39 is 0 Å². The largest absolute Gasteiger partial charge is 0.453 e. The molecule has 0 atom stereocenters. The normalized spacial score (nSPS) is 13.5. The van der Waals surface area contributed by atoms with E-state index in [9.17, 15) is 0 Å². The van der Waals surface area contributed by atoms with Crippen LogP contribution in [-0.4, -0.2) is 0 Å². The molecule has 3 heteroatoms. The maximum Gasteiger partial charge on any atom is 0.153 e. The van der Waals surface area contributed by atoms with Crippen molar-refractivity contribution < 1.29 is 4.74 Å². The lowest BCUT2D eigenvalue weighted by Gasteiger charge is -2.45. The summed E-state index contributed by atoms with van der Waals surface area (Å²) in [6.45, 7) is 4.66. The Balaban J connectivity index is 1.24. The second-order valence-electron chi connectivity index (χ2n) is 13.0. The van der Waals surface area contributed by atoms with Gasteiger partial charge in [-0.1, -0.05) is 129 Å². The summed E-state index contributed by atoms with van der Waals surface area (Å²) in [7, 11) is 0. The highest BCUT2D eigenvalue weighted by Crippen LogP contribution is 2.61. The van der Waals surface area contributed by atoms with E-state index in [1.165, 1.54) is 39.1 Å². The molecule has 0 aliphatic carbocycles. The Morgan fingerprint density at radius 2 is 0.938 bits per heavy atom. The van der Waals surface area contributed by atoms with E-state index in [-0.39, 0.29) is 5.41 Å². The lowest BCUT2D eigenvalue weighted by Crippen LogP contribution is -2.32. The molecule has 2 aliphatic rings. The van der Waals surface area contributed by atoms with Crippen molar-refractivity contribution in [1.82, 2.24) is 0 Å². The summed E-state index contributed by atoms with van der Waals surface area (Å²) in [5.74, 6) is 1.71. The van der Waals surface area contributed by atoms with E-state index in [0.29, 0.717) is 0 Å². The van der Waals surface area contributed by atoms with Gasteiger partial charge < -0.3 is 14.5 Å². The third-order valence-corrected chi connectivity index (χ3v) is 9.82. The Labute approximate surface area is 281 Å². The Kier molecular flexibility index (Phi) is 6.48. The maximum atomic E-state index is 6.78. The highest BCUT2D eigenvalue weighted by Gasteiger charge is 2.42. The van der Waals surface area contributed by atoms with Crippen molar-refractivity contribution in [3.8, 4) is 33.8 Å². The second-order valence-corrected chi connectivity index (χ2v) is 13.0. The topological polar surface area (TPSA) is 15.7 Å². The number of hydrogen-bond acceptors (Lipinski definition) is 3. The lowest BCUT2D eigenvalue weighted by atomic mass is 9.73. The SMILES string of the molecule is CC1(C)c2ccccc2N2c3ccccc3Oc3cc(N(c4ccc(-c5ccccc5)cc4)c4ccc(-c5ccccc5)cc4)cc1c32. The molecule has 7 aromatic rings. The fraction of sp³-hybridized carbons (Fsp3) is 0.0667. The van der Waals surface area contributed by atoms with Crippen LogP contribution >= 0.6 is 0 Å². The third kappa shape index (κ3) is 4.51. The van der Waals surface area contributed by atoms with Gasteiger partial charge in [0.15, 0.2) is 11.5 Å². The van der Waals surface area contributed by atoms with Crippen LogP contribution in [0, 0.1) is 0 Å². The minimum absolute atomic E-state index is 0.261. The van der Waals surface area contributed by atoms with Crippen molar-refractivity contribution in [2.45, 2.75) is 19.3 Å². The van der Waals surface area contributed by atoms with Crippen LogP contribution in [0.3, 0.4) is 0 Å². The summed E-state index contributed by atoms with van der Waals surface area (Å²) in [6.07, 6.45) is 0. The predicted octanol–water partition coefficient (Wildman–Crippen LogP) is 12.7. The molecule has 0 N–H and O–H groups in total. The Morgan fingerprint density at radius 3 is 1.54 bits per heavy atom. The molecular formula is C45H34N2O. The van der Waals surface area contributed by atoms with Crippen LogP contribution in [-0.2, 0) is 5.41 Å². The Bertz CT molecular complexity index is 2190. The molecule has 2 heterocycles. The zero-order valence-electron chi connectivity index (χ0n) is 27.0. The molecular weight excluding hydrogens is 585 g/mol. The van der Waals surface area contributed by atoms with E-state index in [1.807, 2.05) is 6.07 Å². The summed E-state index contributed by atoms with van der Waals surface area (Å²) < 4.78 is 6.78. The second kappa shape index (κ2) is 11.0. The highest BCUT2D eigenvalue weighted by atomic mass is 16.5. The van der Waals surface area contributed by atoms with E-state index in [2.05, 4.69) is 187 Å². The monoisotopic (exact) mass is 618 g/mol. The van der Waals surface area contributed by atoms with Crippen molar-refractivity contribution >= 4 is 34.1 Å². The van der Waals surface area contributed by atoms with Crippen LogP contribution in [0.15, 0.2) is 170 Å². The van der Waals surface area contributed by atoms with Crippen LogP contribution in [0.5, 0.6) is 11.5 Å². The van der Waals surface area contributed by atoms with Gasteiger partial charge in [0, 0.05) is 22.9 Å².